The second-order valence-electron chi connectivity index (χ2n) is 4.96. The normalized spacial score (nSPS) is 19.5. The maximum Gasteiger partial charge on any atom is 0.222 e. The first-order chi connectivity index (χ1) is 8.74. The number of carbonyl (C=O) groups is 1. The van der Waals surface area contributed by atoms with Gasteiger partial charge in [0.15, 0.2) is 0 Å². The first-order valence-corrected chi connectivity index (χ1v) is 6.68. The summed E-state index contributed by atoms with van der Waals surface area (Å²) in [7, 11) is 0. The Morgan fingerprint density at radius 2 is 2.33 bits per heavy atom. The topological polar surface area (TPSA) is 38.3 Å². The van der Waals surface area contributed by atoms with Crippen LogP contribution in [0.4, 0.5) is 0 Å². The largest absolute Gasteiger partial charge is 0.378 e. The summed E-state index contributed by atoms with van der Waals surface area (Å²) in [4.78, 5) is 11.8. The van der Waals surface area contributed by atoms with Crippen molar-refractivity contribution in [1.82, 2.24) is 5.32 Å². The summed E-state index contributed by atoms with van der Waals surface area (Å²) < 4.78 is 5.56. The van der Waals surface area contributed by atoms with E-state index in [-0.39, 0.29) is 12.0 Å². The Kier molecular flexibility index (Phi) is 4.76. The quantitative estimate of drug-likeness (QED) is 0.888. The average Bonchev–Trinajstić information content (AvgIpc) is 2.38. The fourth-order valence-corrected chi connectivity index (χ4v) is 2.27. The minimum Gasteiger partial charge on any atom is -0.378 e. The minimum atomic E-state index is 0.0865. The van der Waals surface area contributed by atoms with Gasteiger partial charge in [0.25, 0.3) is 0 Å². The number of hydrogen-bond acceptors (Lipinski definition) is 2. The minimum absolute atomic E-state index is 0.0865. The van der Waals surface area contributed by atoms with Gasteiger partial charge in [-0.15, -0.1) is 0 Å². The number of carbonyl (C=O) groups excluding carboxylic acids is 1. The molecule has 18 heavy (non-hydrogen) atoms. The van der Waals surface area contributed by atoms with E-state index in [0.29, 0.717) is 13.0 Å². The molecule has 1 aromatic carbocycles. The lowest BCUT2D eigenvalue weighted by atomic mass is 10.1. The van der Waals surface area contributed by atoms with Crippen molar-refractivity contribution in [3.8, 4) is 0 Å². The number of benzene rings is 1. The van der Waals surface area contributed by atoms with Gasteiger partial charge in [-0.25, -0.2) is 0 Å². The van der Waals surface area contributed by atoms with Crippen molar-refractivity contribution in [2.75, 3.05) is 6.61 Å². The molecule has 1 amide bonds. The van der Waals surface area contributed by atoms with Crippen molar-refractivity contribution in [3.63, 3.8) is 0 Å². The number of ether oxygens (including phenoxy) is 1. The van der Waals surface area contributed by atoms with Gasteiger partial charge in [-0.3, -0.25) is 4.79 Å². The lowest BCUT2D eigenvalue weighted by Gasteiger charge is -2.21. The molecule has 1 fully saturated rings. The molecule has 3 heteroatoms. The Morgan fingerprint density at radius 1 is 1.44 bits per heavy atom. The van der Waals surface area contributed by atoms with E-state index in [9.17, 15) is 4.79 Å². The van der Waals surface area contributed by atoms with Crippen LogP contribution >= 0.6 is 0 Å². The third kappa shape index (κ3) is 4.15. The van der Waals surface area contributed by atoms with Crippen LogP contribution in [0.1, 0.15) is 36.8 Å². The zero-order chi connectivity index (χ0) is 12.8. The number of hydrogen-bond donors (Lipinski definition) is 1. The van der Waals surface area contributed by atoms with Gasteiger partial charge in [-0.2, -0.15) is 0 Å². The summed E-state index contributed by atoms with van der Waals surface area (Å²) in [6.45, 7) is 3.46. The summed E-state index contributed by atoms with van der Waals surface area (Å²) in [5.74, 6) is 0.0865. The third-order valence-corrected chi connectivity index (χ3v) is 3.26. The second kappa shape index (κ2) is 6.55. The van der Waals surface area contributed by atoms with Gasteiger partial charge in [0.1, 0.15) is 0 Å². The Balaban J connectivity index is 1.74. The standard InChI is InChI=1S/C15H21NO2/c1-12-5-4-6-13(9-12)11-16-15(17)10-14-7-2-3-8-18-14/h4-6,9,14H,2-3,7-8,10-11H2,1H3,(H,16,17). The molecular formula is C15H21NO2. The summed E-state index contributed by atoms with van der Waals surface area (Å²) in [6.07, 6.45) is 3.93. The maximum atomic E-state index is 11.8. The van der Waals surface area contributed by atoms with E-state index in [1.165, 1.54) is 12.0 Å². The fraction of sp³-hybridized carbons (Fsp3) is 0.533. The Bertz CT molecular complexity index is 397. The zero-order valence-electron chi connectivity index (χ0n) is 10.9. The van der Waals surface area contributed by atoms with Crippen molar-refractivity contribution in [1.29, 1.82) is 0 Å². The lowest BCUT2D eigenvalue weighted by molar-refractivity contribution is -0.125. The van der Waals surface area contributed by atoms with Crippen LogP contribution in [0, 0.1) is 6.92 Å². The van der Waals surface area contributed by atoms with Crippen LogP contribution in [0.2, 0.25) is 0 Å². The molecule has 0 radical (unpaired) electrons. The highest BCUT2D eigenvalue weighted by Gasteiger charge is 2.17. The van der Waals surface area contributed by atoms with Gasteiger partial charge in [0, 0.05) is 13.2 Å². The predicted octanol–water partition coefficient (Wildman–Crippen LogP) is 2.57. The van der Waals surface area contributed by atoms with Gasteiger partial charge in [-0.1, -0.05) is 29.8 Å². The molecule has 98 valence electrons. The fourth-order valence-electron chi connectivity index (χ4n) is 2.27. The molecule has 0 saturated carbocycles. The molecule has 0 aromatic heterocycles. The molecule has 1 aromatic rings. The van der Waals surface area contributed by atoms with Crippen molar-refractivity contribution in [3.05, 3.63) is 35.4 Å². The highest BCUT2D eigenvalue weighted by molar-refractivity contribution is 5.76. The smallest absolute Gasteiger partial charge is 0.222 e. The van der Waals surface area contributed by atoms with Crippen molar-refractivity contribution < 1.29 is 9.53 Å². The van der Waals surface area contributed by atoms with Crippen LogP contribution in [-0.2, 0) is 16.1 Å². The van der Waals surface area contributed by atoms with Gasteiger partial charge >= 0.3 is 0 Å². The molecule has 0 bridgehead atoms. The highest BCUT2D eigenvalue weighted by Crippen LogP contribution is 2.15. The number of amides is 1. The molecule has 1 heterocycles. The molecule has 2 rings (SSSR count). The van der Waals surface area contributed by atoms with Gasteiger partial charge < -0.3 is 10.1 Å². The van der Waals surface area contributed by atoms with Gasteiger partial charge in [-0.05, 0) is 31.7 Å². The van der Waals surface area contributed by atoms with E-state index in [2.05, 4.69) is 24.4 Å². The Morgan fingerprint density at radius 3 is 3.06 bits per heavy atom. The summed E-state index contributed by atoms with van der Waals surface area (Å²) in [5.41, 5.74) is 2.37. The molecule has 1 aliphatic heterocycles. The zero-order valence-corrected chi connectivity index (χ0v) is 10.9. The molecule has 1 unspecified atom stereocenters. The van der Waals surface area contributed by atoms with E-state index in [1.807, 2.05) is 12.1 Å². The Hall–Kier alpha value is -1.35. The third-order valence-electron chi connectivity index (χ3n) is 3.26. The summed E-state index contributed by atoms with van der Waals surface area (Å²) >= 11 is 0. The van der Waals surface area contributed by atoms with Crippen LogP contribution in [0.25, 0.3) is 0 Å². The van der Waals surface area contributed by atoms with E-state index >= 15 is 0 Å². The molecule has 1 atom stereocenters. The molecule has 0 aliphatic carbocycles. The SMILES string of the molecule is Cc1cccc(CNC(=O)CC2CCCCO2)c1. The van der Waals surface area contributed by atoms with E-state index in [1.54, 1.807) is 0 Å². The maximum absolute atomic E-state index is 11.8. The lowest BCUT2D eigenvalue weighted by Crippen LogP contribution is -2.30. The first kappa shape index (κ1) is 13.1. The van der Waals surface area contributed by atoms with Gasteiger partial charge in [0.2, 0.25) is 5.91 Å². The van der Waals surface area contributed by atoms with Crippen LogP contribution in [0.5, 0.6) is 0 Å². The van der Waals surface area contributed by atoms with E-state index < -0.39 is 0 Å². The van der Waals surface area contributed by atoms with E-state index in [4.69, 9.17) is 4.74 Å². The summed E-state index contributed by atoms with van der Waals surface area (Å²) in [5, 5.41) is 2.95. The van der Waals surface area contributed by atoms with Gasteiger partial charge in [0.05, 0.1) is 12.5 Å². The van der Waals surface area contributed by atoms with Crippen LogP contribution < -0.4 is 5.32 Å². The van der Waals surface area contributed by atoms with E-state index in [0.717, 1.165) is 25.0 Å². The van der Waals surface area contributed by atoms with Crippen LogP contribution in [0.3, 0.4) is 0 Å². The van der Waals surface area contributed by atoms with Crippen LogP contribution in [-0.4, -0.2) is 18.6 Å². The molecule has 1 N–H and O–H groups in total. The number of aryl methyl sites for hydroxylation is 1. The monoisotopic (exact) mass is 247 g/mol. The predicted molar refractivity (Wildman–Crippen MR) is 71.2 cm³/mol. The highest BCUT2D eigenvalue weighted by atomic mass is 16.5. The summed E-state index contributed by atoms with van der Waals surface area (Å²) in [6, 6.07) is 8.20. The second-order valence-corrected chi connectivity index (χ2v) is 4.96. The Labute approximate surface area is 109 Å². The molecule has 1 saturated heterocycles. The molecule has 1 aliphatic rings. The average molecular weight is 247 g/mol. The van der Waals surface area contributed by atoms with Crippen molar-refractivity contribution >= 4 is 5.91 Å². The first-order valence-electron chi connectivity index (χ1n) is 6.68. The molecule has 0 spiro atoms. The van der Waals surface area contributed by atoms with Crippen molar-refractivity contribution in [2.45, 2.75) is 45.3 Å². The van der Waals surface area contributed by atoms with Crippen LogP contribution in [0.15, 0.2) is 24.3 Å². The molecular weight excluding hydrogens is 226 g/mol. The molecule has 3 nitrogen and oxygen atoms in total. The number of nitrogens with one attached hydrogen (secondary N) is 1. The number of rotatable bonds is 4. The van der Waals surface area contributed by atoms with Crippen molar-refractivity contribution in [2.24, 2.45) is 0 Å².